The first-order valence-corrected chi connectivity index (χ1v) is 9.73. The highest BCUT2D eigenvalue weighted by Crippen LogP contribution is 2.24. The first-order chi connectivity index (χ1) is 9.08. The molecule has 118 valence electrons. The van der Waals surface area contributed by atoms with Crippen molar-refractivity contribution in [1.29, 1.82) is 0 Å². The smallest absolute Gasteiger partial charge is 0.323 e. The van der Waals surface area contributed by atoms with Crippen LogP contribution < -0.4 is 0 Å². The van der Waals surface area contributed by atoms with E-state index in [0.717, 1.165) is 5.75 Å². The average Bonchev–Trinajstić information content (AvgIpc) is 2.36. The number of ether oxygens (including phenoxy) is 1. The monoisotopic (exact) mass is 323 g/mol. The van der Waals surface area contributed by atoms with Crippen molar-refractivity contribution >= 4 is 27.6 Å². The topological polar surface area (TPSA) is 63.7 Å². The van der Waals surface area contributed by atoms with Gasteiger partial charge in [0.25, 0.3) is 0 Å². The van der Waals surface area contributed by atoms with Crippen LogP contribution >= 0.6 is 11.8 Å². The van der Waals surface area contributed by atoms with E-state index in [0.29, 0.717) is 12.3 Å². The number of sulfone groups is 1. The van der Waals surface area contributed by atoms with Crippen LogP contribution in [-0.2, 0) is 19.4 Å². The second kappa shape index (κ2) is 6.66. The SMILES string of the molecule is CCS(=O)(=O)C1CSCCN1C(C)C(=O)OC(C)(C)C. The molecular weight excluding hydrogens is 298 g/mol. The summed E-state index contributed by atoms with van der Waals surface area (Å²) in [4.78, 5) is 13.9. The average molecular weight is 323 g/mol. The van der Waals surface area contributed by atoms with Crippen molar-refractivity contribution in [3.63, 3.8) is 0 Å². The van der Waals surface area contributed by atoms with Gasteiger partial charge < -0.3 is 4.74 Å². The summed E-state index contributed by atoms with van der Waals surface area (Å²) < 4.78 is 29.7. The second-order valence-electron chi connectivity index (χ2n) is 5.93. The van der Waals surface area contributed by atoms with Crippen molar-refractivity contribution in [2.45, 2.75) is 51.6 Å². The molecule has 1 saturated heterocycles. The van der Waals surface area contributed by atoms with E-state index in [2.05, 4.69) is 0 Å². The summed E-state index contributed by atoms with van der Waals surface area (Å²) in [6.07, 6.45) is 0. The molecule has 0 aromatic rings. The van der Waals surface area contributed by atoms with Crippen molar-refractivity contribution in [1.82, 2.24) is 4.90 Å². The van der Waals surface area contributed by atoms with Crippen LogP contribution in [0.25, 0.3) is 0 Å². The van der Waals surface area contributed by atoms with Gasteiger partial charge in [-0.1, -0.05) is 6.92 Å². The maximum atomic E-state index is 12.2. The van der Waals surface area contributed by atoms with Gasteiger partial charge >= 0.3 is 5.97 Å². The van der Waals surface area contributed by atoms with E-state index >= 15 is 0 Å². The molecule has 2 unspecified atom stereocenters. The third kappa shape index (κ3) is 4.63. The Bertz CT molecular complexity index is 442. The number of esters is 1. The van der Waals surface area contributed by atoms with Gasteiger partial charge in [0.15, 0.2) is 9.84 Å². The van der Waals surface area contributed by atoms with Gasteiger partial charge in [-0.3, -0.25) is 9.69 Å². The molecule has 1 aliphatic rings. The lowest BCUT2D eigenvalue weighted by atomic mass is 10.2. The molecule has 1 aliphatic heterocycles. The van der Waals surface area contributed by atoms with Gasteiger partial charge in [0.05, 0.1) is 0 Å². The van der Waals surface area contributed by atoms with Crippen LogP contribution in [0.15, 0.2) is 0 Å². The highest BCUT2D eigenvalue weighted by atomic mass is 32.2. The molecule has 0 aromatic carbocycles. The summed E-state index contributed by atoms with van der Waals surface area (Å²) in [5, 5.41) is -0.589. The Morgan fingerprint density at radius 2 is 2.05 bits per heavy atom. The summed E-state index contributed by atoms with van der Waals surface area (Å²) >= 11 is 1.62. The standard InChI is InChI=1S/C13H25NO4S2/c1-6-20(16,17)11-9-19-8-7-14(11)10(2)12(15)18-13(3,4)5/h10-11H,6-9H2,1-5H3. The van der Waals surface area contributed by atoms with Crippen LogP contribution in [0.2, 0.25) is 0 Å². The number of nitrogens with zero attached hydrogens (tertiary/aromatic N) is 1. The van der Waals surface area contributed by atoms with E-state index in [4.69, 9.17) is 4.74 Å². The van der Waals surface area contributed by atoms with E-state index in [1.165, 1.54) is 0 Å². The first-order valence-electron chi connectivity index (χ1n) is 6.86. The Hall–Kier alpha value is -0.270. The third-order valence-corrected chi connectivity index (χ3v) is 6.49. The molecule has 0 radical (unpaired) electrons. The van der Waals surface area contributed by atoms with Crippen LogP contribution in [0.4, 0.5) is 0 Å². The van der Waals surface area contributed by atoms with Gasteiger partial charge in [0.1, 0.15) is 17.0 Å². The molecule has 7 heteroatoms. The molecule has 0 spiro atoms. The Kier molecular flexibility index (Phi) is 5.92. The molecule has 0 aliphatic carbocycles. The molecule has 20 heavy (non-hydrogen) atoms. The van der Waals surface area contributed by atoms with Gasteiger partial charge in [-0.25, -0.2) is 8.42 Å². The maximum absolute atomic E-state index is 12.2. The normalized spacial score (nSPS) is 23.4. The molecule has 1 fully saturated rings. The molecule has 0 saturated carbocycles. The van der Waals surface area contributed by atoms with Crippen LogP contribution in [0.5, 0.6) is 0 Å². The minimum absolute atomic E-state index is 0.0930. The zero-order chi connectivity index (χ0) is 15.6. The van der Waals surface area contributed by atoms with Crippen LogP contribution in [-0.4, -0.2) is 60.1 Å². The highest BCUT2D eigenvalue weighted by molar-refractivity contribution is 8.01. The predicted octanol–water partition coefficient (Wildman–Crippen LogP) is 1.53. The summed E-state index contributed by atoms with van der Waals surface area (Å²) in [6.45, 7) is 9.39. The summed E-state index contributed by atoms with van der Waals surface area (Å²) in [5.74, 6) is 1.09. The Morgan fingerprint density at radius 1 is 1.45 bits per heavy atom. The van der Waals surface area contributed by atoms with Gasteiger partial charge in [0, 0.05) is 23.8 Å². The Balaban J connectivity index is 2.88. The van der Waals surface area contributed by atoms with Crippen molar-refractivity contribution in [2.75, 3.05) is 23.8 Å². The molecule has 0 bridgehead atoms. The van der Waals surface area contributed by atoms with Gasteiger partial charge in [-0.15, -0.1) is 0 Å². The van der Waals surface area contributed by atoms with Crippen LogP contribution in [0, 0.1) is 0 Å². The van der Waals surface area contributed by atoms with Gasteiger partial charge in [-0.05, 0) is 27.7 Å². The molecular formula is C13H25NO4S2. The van der Waals surface area contributed by atoms with Gasteiger partial charge in [0.2, 0.25) is 0 Å². The largest absolute Gasteiger partial charge is 0.459 e. The third-order valence-electron chi connectivity index (χ3n) is 3.19. The van der Waals surface area contributed by atoms with E-state index in [1.807, 2.05) is 20.8 Å². The zero-order valence-electron chi connectivity index (χ0n) is 12.9. The van der Waals surface area contributed by atoms with Crippen molar-refractivity contribution < 1.29 is 17.9 Å². The van der Waals surface area contributed by atoms with Crippen molar-refractivity contribution in [3.05, 3.63) is 0 Å². The minimum Gasteiger partial charge on any atom is -0.459 e. The lowest BCUT2D eigenvalue weighted by molar-refractivity contribution is -0.160. The molecule has 2 atom stereocenters. The fourth-order valence-corrected chi connectivity index (χ4v) is 5.16. The number of carbonyl (C=O) groups is 1. The van der Waals surface area contributed by atoms with E-state index in [1.54, 1.807) is 30.5 Å². The number of hydrogen-bond donors (Lipinski definition) is 0. The Morgan fingerprint density at radius 3 is 2.55 bits per heavy atom. The summed E-state index contributed by atoms with van der Waals surface area (Å²) in [7, 11) is -3.20. The summed E-state index contributed by atoms with van der Waals surface area (Å²) in [6, 6.07) is -0.540. The van der Waals surface area contributed by atoms with Crippen LogP contribution in [0.1, 0.15) is 34.6 Å². The van der Waals surface area contributed by atoms with E-state index < -0.39 is 26.9 Å². The van der Waals surface area contributed by atoms with Crippen molar-refractivity contribution in [3.8, 4) is 0 Å². The van der Waals surface area contributed by atoms with E-state index in [9.17, 15) is 13.2 Å². The number of carbonyl (C=O) groups excluding carboxylic acids is 1. The highest BCUT2D eigenvalue weighted by Gasteiger charge is 2.38. The number of rotatable bonds is 4. The molecule has 0 N–H and O–H groups in total. The second-order valence-corrected chi connectivity index (χ2v) is 9.53. The molecule has 0 aromatic heterocycles. The molecule has 1 heterocycles. The van der Waals surface area contributed by atoms with Crippen molar-refractivity contribution in [2.24, 2.45) is 0 Å². The fourth-order valence-electron chi connectivity index (χ4n) is 2.06. The number of thioether (sulfide) groups is 1. The molecule has 5 nitrogen and oxygen atoms in total. The molecule has 1 rings (SSSR count). The lowest BCUT2D eigenvalue weighted by Crippen LogP contribution is -2.54. The quantitative estimate of drug-likeness (QED) is 0.731. The van der Waals surface area contributed by atoms with Gasteiger partial charge in [-0.2, -0.15) is 11.8 Å². The lowest BCUT2D eigenvalue weighted by Gasteiger charge is -2.38. The fraction of sp³-hybridized carbons (Fsp3) is 0.923. The maximum Gasteiger partial charge on any atom is 0.323 e. The summed E-state index contributed by atoms with van der Waals surface area (Å²) in [5.41, 5.74) is -0.561. The predicted molar refractivity (Wildman–Crippen MR) is 82.6 cm³/mol. The Labute approximate surface area is 126 Å². The van der Waals surface area contributed by atoms with Crippen LogP contribution in [0.3, 0.4) is 0 Å². The number of hydrogen-bond acceptors (Lipinski definition) is 6. The first kappa shape index (κ1) is 17.8. The molecule has 0 amide bonds. The van der Waals surface area contributed by atoms with E-state index in [-0.39, 0.29) is 11.7 Å². The minimum atomic E-state index is -3.20. The zero-order valence-corrected chi connectivity index (χ0v) is 14.5.